The summed E-state index contributed by atoms with van der Waals surface area (Å²) in [6.07, 6.45) is 4.48. The second-order valence-corrected chi connectivity index (χ2v) is 3.54. The molecule has 15 heavy (non-hydrogen) atoms. The lowest BCUT2D eigenvalue weighted by Gasteiger charge is -2.29. The van der Waals surface area contributed by atoms with E-state index in [2.05, 4.69) is 44.9 Å². The minimum absolute atomic E-state index is 0.560. The molecule has 1 atom stereocenters. The van der Waals surface area contributed by atoms with Crippen molar-refractivity contribution in [2.24, 2.45) is 0 Å². The van der Waals surface area contributed by atoms with Gasteiger partial charge in [0.05, 0.1) is 0 Å². The maximum atomic E-state index is 9.75. The monoisotopic (exact) mass is 224 g/mol. The Kier molecular flexibility index (Phi) is 4.91. The number of rotatable bonds is 0. The summed E-state index contributed by atoms with van der Waals surface area (Å²) in [5, 5.41) is 0. The first-order chi connectivity index (χ1) is 6.61. The first kappa shape index (κ1) is 14.1. The molecule has 0 radical (unpaired) electrons. The van der Waals surface area contributed by atoms with E-state index in [4.69, 9.17) is 0 Å². The van der Waals surface area contributed by atoms with E-state index in [0.29, 0.717) is 6.04 Å². The summed E-state index contributed by atoms with van der Waals surface area (Å²) in [7, 11) is -3.88. The largest absolute Gasteiger partial charge is 0.673 e. The highest BCUT2D eigenvalue weighted by atomic mass is 19.5. The molecule has 88 valence electrons. The lowest BCUT2D eigenvalue weighted by atomic mass is 10.1. The molecule has 0 aromatic carbocycles. The van der Waals surface area contributed by atoms with Crippen molar-refractivity contribution in [1.29, 1.82) is 0 Å². The molecule has 0 aliphatic carbocycles. The van der Waals surface area contributed by atoms with Gasteiger partial charge in [-0.3, -0.25) is 0 Å². The van der Waals surface area contributed by atoms with Gasteiger partial charge in [0.15, 0.2) is 0 Å². The lowest BCUT2D eigenvalue weighted by molar-refractivity contribution is 0.367. The highest BCUT2D eigenvalue weighted by Crippen LogP contribution is 2.16. The standard InChI is InChI=1S/C9H15N.BF4/c1-7-5-8(2)10(4)9(3)6-7;2-1(3,4)5/h5-6,8H,1-4H3;/q;-1. The van der Waals surface area contributed by atoms with Gasteiger partial charge in [-0.15, -0.1) is 0 Å². The van der Waals surface area contributed by atoms with Crippen LogP contribution in [0.5, 0.6) is 0 Å². The number of halogens is 4. The van der Waals surface area contributed by atoms with Gasteiger partial charge < -0.3 is 22.2 Å². The van der Waals surface area contributed by atoms with E-state index in [1.807, 2.05) is 0 Å². The van der Waals surface area contributed by atoms with Crippen LogP contribution < -0.4 is 0 Å². The second-order valence-electron chi connectivity index (χ2n) is 3.54. The zero-order valence-electron chi connectivity index (χ0n) is 9.27. The summed E-state index contributed by atoms with van der Waals surface area (Å²) < 4.78 is 39.0. The van der Waals surface area contributed by atoms with Gasteiger partial charge in [0.1, 0.15) is 0 Å². The Morgan fingerprint density at radius 3 is 1.93 bits per heavy atom. The Morgan fingerprint density at radius 2 is 1.60 bits per heavy atom. The van der Waals surface area contributed by atoms with Crippen molar-refractivity contribution in [2.45, 2.75) is 26.8 Å². The molecule has 0 spiro atoms. The average Bonchev–Trinajstić information content (AvgIpc) is 1.96. The smallest absolute Gasteiger partial charge is 0.418 e. The van der Waals surface area contributed by atoms with Crippen LogP contribution in [0.1, 0.15) is 20.8 Å². The van der Waals surface area contributed by atoms with Crippen molar-refractivity contribution in [2.75, 3.05) is 7.05 Å². The molecular formula is C9H15BF4N-. The lowest BCUT2D eigenvalue weighted by Crippen LogP contribution is -2.27. The molecule has 0 amide bonds. The Hall–Kier alpha value is -0.935. The van der Waals surface area contributed by atoms with Crippen molar-refractivity contribution in [3.63, 3.8) is 0 Å². The fraction of sp³-hybridized carbons (Fsp3) is 0.556. The number of nitrogens with zero attached hydrogens (tertiary/aromatic N) is 1. The number of hydrogen-bond acceptors (Lipinski definition) is 1. The van der Waals surface area contributed by atoms with E-state index in [1.54, 1.807) is 0 Å². The molecule has 0 aromatic heterocycles. The third-order valence-corrected chi connectivity index (χ3v) is 2.11. The van der Waals surface area contributed by atoms with Gasteiger partial charge in [0.2, 0.25) is 0 Å². The van der Waals surface area contributed by atoms with Crippen LogP contribution in [0.4, 0.5) is 17.3 Å². The van der Waals surface area contributed by atoms with Crippen LogP contribution in [-0.2, 0) is 0 Å². The topological polar surface area (TPSA) is 3.24 Å². The summed E-state index contributed by atoms with van der Waals surface area (Å²) in [5.41, 5.74) is 2.73. The molecule has 1 rings (SSSR count). The maximum Gasteiger partial charge on any atom is 0.673 e. The highest BCUT2D eigenvalue weighted by Gasteiger charge is 2.20. The van der Waals surface area contributed by atoms with Gasteiger partial charge in [0.25, 0.3) is 0 Å². The van der Waals surface area contributed by atoms with E-state index in [9.17, 15) is 17.3 Å². The number of allylic oxidation sites excluding steroid dienone is 3. The van der Waals surface area contributed by atoms with Gasteiger partial charge >= 0.3 is 7.25 Å². The fourth-order valence-electron chi connectivity index (χ4n) is 1.29. The molecule has 6 heteroatoms. The van der Waals surface area contributed by atoms with Crippen LogP contribution >= 0.6 is 0 Å². The molecule has 1 aliphatic rings. The molecular weight excluding hydrogens is 209 g/mol. The van der Waals surface area contributed by atoms with E-state index in [-0.39, 0.29) is 0 Å². The van der Waals surface area contributed by atoms with Crippen LogP contribution in [0, 0.1) is 0 Å². The SMILES string of the molecule is CC1=CC(C)N(C)C(C)=C1.F[B-](F)(F)F. The third-order valence-electron chi connectivity index (χ3n) is 2.11. The van der Waals surface area contributed by atoms with Crippen molar-refractivity contribution in [3.05, 3.63) is 23.4 Å². The zero-order valence-corrected chi connectivity index (χ0v) is 9.27. The van der Waals surface area contributed by atoms with Gasteiger partial charge in [0, 0.05) is 18.8 Å². The van der Waals surface area contributed by atoms with Crippen molar-refractivity contribution in [1.82, 2.24) is 4.90 Å². The molecule has 0 fully saturated rings. The molecule has 1 unspecified atom stereocenters. The normalized spacial score (nSPS) is 21.3. The van der Waals surface area contributed by atoms with Crippen LogP contribution in [0.15, 0.2) is 23.4 Å². The van der Waals surface area contributed by atoms with Crippen molar-refractivity contribution < 1.29 is 17.3 Å². The van der Waals surface area contributed by atoms with E-state index < -0.39 is 7.25 Å². The molecule has 1 nitrogen and oxygen atoms in total. The summed E-state index contributed by atoms with van der Waals surface area (Å²) >= 11 is 0. The summed E-state index contributed by atoms with van der Waals surface area (Å²) in [6, 6.07) is 0.560. The Bertz CT molecular complexity index is 264. The fourth-order valence-corrected chi connectivity index (χ4v) is 1.29. The first-order valence-electron chi connectivity index (χ1n) is 4.58. The predicted molar refractivity (Wildman–Crippen MR) is 54.9 cm³/mol. The van der Waals surface area contributed by atoms with Crippen molar-refractivity contribution in [3.8, 4) is 0 Å². The van der Waals surface area contributed by atoms with Gasteiger partial charge in [-0.05, 0) is 26.8 Å². The van der Waals surface area contributed by atoms with E-state index in [1.165, 1.54) is 11.3 Å². The Balaban J connectivity index is 0.000000336. The maximum absolute atomic E-state index is 9.75. The quantitative estimate of drug-likeness (QED) is 0.449. The molecule has 1 heterocycles. The molecule has 0 N–H and O–H groups in total. The van der Waals surface area contributed by atoms with Gasteiger partial charge in [-0.1, -0.05) is 11.6 Å². The van der Waals surface area contributed by atoms with E-state index >= 15 is 0 Å². The Morgan fingerprint density at radius 1 is 1.20 bits per heavy atom. The van der Waals surface area contributed by atoms with Crippen LogP contribution in [0.3, 0.4) is 0 Å². The summed E-state index contributed by atoms with van der Waals surface area (Å²) in [4.78, 5) is 2.27. The minimum atomic E-state index is -6.00. The minimum Gasteiger partial charge on any atom is -0.418 e. The van der Waals surface area contributed by atoms with Crippen LogP contribution in [0.25, 0.3) is 0 Å². The van der Waals surface area contributed by atoms with Gasteiger partial charge in [-0.25, -0.2) is 0 Å². The third kappa shape index (κ3) is 7.05. The van der Waals surface area contributed by atoms with Crippen LogP contribution in [-0.4, -0.2) is 25.2 Å². The zero-order chi connectivity index (χ0) is 12.2. The molecule has 0 saturated carbocycles. The number of likely N-dealkylation sites (N-methyl/N-ethyl adjacent to an activating group) is 1. The molecule has 0 bridgehead atoms. The summed E-state index contributed by atoms with van der Waals surface area (Å²) in [5.74, 6) is 0. The van der Waals surface area contributed by atoms with E-state index in [0.717, 1.165) is 0 Å². The Labute approximate surface area is 87.6 Å². The highest BCUT2D eigenvalue weighted by molar-refractivity contribution is 6.50. The first-order valence-corrected chi connectivity index (χ1v) is 4.58. The number of hydrogen-bond donors (Lipinski definition) is 0. The molecule has 0 saturated heterocycles. The predicted octanol–water partition coefficient (Wildman–Crippen LogP) is 3.47. The second kappa shape index (κ2) is 5.23. The van der Waals surface area contributed by atoms with Crippen molar-refractivity contribution >= 4 is 7.25 Å². The molecule has 1 aliphatic heterocycles. The van der Waals surface area contributed by atoms with Crippen LogP contribution in [0.2, 0.25) is 0 Å². The molecule has 0 aromatic rings. The summed E-state index contributed by atoms with van der Waals surface area (Å²) in [6.45, 7) is 6.50. The average molecular weight is 224 g/mol. The van der Waals surface area contributed by atoms with Gasteiger partial charge in [-0.2, -0.15) is 0 Å².